The standard InChI is InChI=1S/C20H33N3O3.HI/c1-4-12-26-20(10-6-5-7-11-20)15-23-19(21)22-14-16-8-9-17(24-2)18(13-16)25-3;/h8-9,13H,4-7,10-12,14-15H2,1-3H3,(H3,21,22,23);1H. The molecule has 0 aliphatic heterocycles. The summed E-state index contributed by atoms with van der Waals surface area (Å²) < 4.78 is 16.8. The molecular formula is C20H34IN3O3. The van der Waals surface area contributed by atoms with Crippen molar-refractivity contribution in [1.29, 1.82) is 0 Å². The van der Waals surface area contributed by atoms with Gasteiger partial charge in [0.2, 0.25) is 0 Å². The van der Waals surface area contributed by atoms with Crippen molar-refractivity contribution in [3.63, 3.8) is 0 Å². The van der Waals surface area contributed by atoms with Gasteiger partial charge in [-0.3, -0.25) is 0 Å². The van der Waals surface area contributed by atoms with E-state index in [-0.39, 0.29) is 29.6 Å². The van der Waals surface area contributed by atoms with Crippen LogP contribution >= 0.6 is 24.0 Å². The molecule has 7 heteroatoms. The zero-order valence-corrected chi connectivity index (χ0v) is 19.1. The number of rotatable bonds is 9. The van der Waals surface area contributed by atoms with Crippen molar-refractivity contribution < 1.29 is 14.2 Å². The highest BCUT2D eigenvalue weighted by atomic mass is 127. The lowest BCUT2D eigenvalue weighted by Gasteiger charge is -2.37. The molecule has 1 aromatic carbocycles. The second-order valence-corrected chi connectivity index (χ2v) is 6.84. The number of halogens is 1. The van der Waals surface area contributed by atoms with E-state index in [1.54, 1.807) is 14.2 Å². The van der Waals surface area contributed by atoms with Gasteiger partial charge >= 0.3 is 0 Å². The Balaban J connectivity index is 0.00000364. The highest BCUT2D eigenvalue weighted by Gasteiger charge is 2.32. The predicted octanol–water partition coefficient (Wildman–Crippen LogP) is 3.86. The summed E-state index contributed by atoms with van der Waals surface area (Å²) in [5.41, 5.74) is 7.00. The highest BCUT2D eigenvalue weighted by Crippen LogP contribution is 2.31. The summed E-state index contributed by atoms with van der Waals surface area (Å²) >= 11 is 0. The highest BCUT2D eigenvalue weighted by molar-refractivity contribution is 14.0. The molecule has 0 amide bonds. The first-order chi connectivity index (χ1) is 12.6. The van der Waals surface area contributed by atoms with Crippen molar-refractivity contribution in [3.05, 3.63) is 23.8 Å². The van der Waals surface area contributed by atoms with Crippen LogP contribution in [0.15, 0.2) is 23.2 Å². The summed E-state index contributed by atoms with van der Waals surface area (Å²) in [5.74, 6) is 1.85. The van der Waals surface area contributed by atoms with E-state index in [1.165, 1.54) is 19.3 Å². The lowest BCUT2D eigenvalue weighted by Crippen LogP contribution is -2.48. The monoisotopic (exact) mass is 491 g/mol. The first-order valence-electron chi connectivity index (χ1n) is 9.51. The molecule has 0 unspecified atom stereocenters. The number of ether oxygens (including phenoxy) is 3. The van der Waals surface area contributed by atoms with Crippen LogP contribution in [0.2, 0.25) is 0 Å². The number of methoxy groups -OCH3 is 2. The third-order valence-electron chi connectivity index (χ3n) is 4.85. The van der Waals surface area contributed by atoms with Gasteiger partial charge < -0.3 is 25.3 Å². The SMILES string of the molecule is CCCOC1(CNC(N)=NCc2ccc(OC)c(OC)c2)CCCCC1.I. The Morgan fingerprint density at radius 2 is 1.85 bits per heavy atom. The van der Waals surface area contributed by atoms with Crippen molar-refractivity contribution >= 4 is 29.9 Å². The largest absolute Gasteiger partial charge is 0.493 e. The Labute approximate surface area is 180 Å². The molecule has 3 N–H and O–H groups in total. The first-order valence-corrected chi connectivity index (χ1v) is 9.51. The molecule has 6 nitrogen and oxygen atoms in total. The number of nitrogens with one attached hydrogen (secondary N) is 1. The molecule has 0 atom stereocenters. The molecule has 0 spiro atoms. The van der Waals surface area contributed by atoms with Gasteiger partial charge in [0, 0.05) is 13.2 Å². The Morgan fingerprint density at radius 1 is 1.15 bits per heavy atom. The molecule has 1 fully saturated rings. The second-order valence-electron chi connectivity index (χ2n) is 6.84. The minimum Gasteiger partial charge on any atom is -0.493 e. The van der Waals surface area contributed by atoms with Crippen LogP contribution in [0.25, 0.3) is 0 Å². The summed E-state index contributed by atoms with van der Waals surface area (Å²) in [6.45, 7) is 4.14. The van der Waals surface area contributed by atoms with Crippen molar-refractivity contribution in [1.82, 2.24) is 5.32 Å². The molecule has 0 saturated heterocycles. The molecule has 27 heavy (non-hydrogen) atoms. The van der Waals surface area contributed by atoms with Gasteiger partial charge in [-0.05, 0) is 37.0 Å². The molecule has 1 aliphatic carbocycles. The van der Waals surface area contributed by atoms with E-state index in [0.29, 0.717) is 30.5 Å². The van der Waals surface area contributed by atoms with Crippen molar-refractivity contribution in [2.24, 2.45) is 10.7 Å². The van der Waals surface area contributed by atoms with Gasteiger partial charge in [-0.15, -0.1) is 24.0 Å². The lowest BCUT2D eigenvalue weighted by molar-refractivity contribution is -0.0656. The van der Waals surface area contributed by atoms with Crippen LogP contribution in [0.3, 0.4) is 0 Å². The van der Waals surface area contributed by atoms with Crippen LogP contribution in [0.4, 0.5) is 0 Å². The Bertz CT molecular complexity index is 590. The zero-order chi connectivity index (χ0) is 18.8. The fourth-order valence-electron chi connectivity index (χ4n) is 3.35. The topological polar surface area (TPSA) is 78.1 Å². The maximum atomic E-state index is 6.19. The minimum atomic E-state index is -0.0995. The summed E-state index contributed by atoms with van der Waals surface area (Å²) in [4.78, 5) is 4.45. The zero-order valence-electron chi connectivity index (χ0n) is 16.8. The van der Waals surface area contributed by atoms with Gasteiger partial charge in [0.25, 0.3) is 0 Å². The van der Waals surface area contributed by atoms with Crippen LogP contribution in [0, 0.1) is 0 Å². The summed E-state index contributed by atoms with van der Waals surface area (Å²) in [5, 5.41) is 3.27. The first kappa shape index (κ1) is 23.8. The van der Waals surface area contributed by atoms with Gasteiger partial charge in [0.15, 0.2) is 17.5 Å². The number of nitrogens with two attached hydrogens (primary N) is 1. The maximum absolute atomic E-state index is 6.19. The Kier molecular flexibility index (Phi) is 10.8. The van der Waals surface area contributed by atoms with E-state index in [4.69, 9.17) is 19.9 Å². The molecule has 2 rings (SSSR count). The molecule has 1 saturated carbocycles. The Morgan fingerprint density at radius 3 is 2.48 bits per heavy atom. The molecule has 1 aromatic rings. The normalized spacial score (nSPS) is 16.3. The quantitative estimate of drug-likeness (QED) is 0.312. The molecule has 0 aromatic heterocycles. The smallest absolute Gasteiger partial charge is 0.189 e. The summed E-state index contributed by atoms with van der Waals surface area (Å²) in [7, 11) is 3.25. The molecule has 0 bridgehead atoms. The van der Waals surface area contributed by atoms with E-state index in [2.05, 4.69) is 17.2 Å². The third-order valence-corrected chi connectivity index (χ3v) is 4.85. The second kappa shape index (κ2) is 12.3. The van der Waals surface area contributed by atoms with E-state index in [9.17, 15) is 0 Å². The van der Waals surface area contributed by atoms with E-state index in [0.717, 1.165) is 31.4 Å². The van der Waals surface area contributed by atoms with Crippen LogP contribution in [0.1, 0.15) is 51.0 Å². The van der Waals surface area contributed by atoms with Crippen LogP contribution < -0.4 is 20.5 Å². The van der Waals surface area contributed by atoms with Gasteiger partial charge in [-0.1, -0.05) is 32.3 Å². The average Bonchev–Trinajstić information content (AvgIpc) is 2.69. The van der Waals surface area contributed by atoms with Gasteiger partial charge in [-0.2, -0.15) is 0 Å². The number of aliphatic imine (C=N–C) groups is 1. The lowest BCUT2D eigenvalue weighted by atomic mass is 9.84. The summed E-state index contributed by atoms with van der Waals surface area (Å²) in [6, 6.07) is 5.76. The Hall–Kier alpha value is -1.22. The van der Waals surface area contributed by atoms with Crippen LogP contribution in [-0.2, 0) is 11.3 Å². The molecule has 0 radical (unpaired) electrons. The number of hydrogen-bond donors (Lipinski definition) is 2. The van der Waals surface area contributed by atoms with Gasteiger partial charge in [-0.25, -0.2) is 4.99 Å². The number of benzene rings is 1. The molecule has 0 heterocycles. The van der Waals surface area contributed by atoms with Crippen molar-refractivity contribution in [2.45, 2.75) is 57.6 Å². The molecule has 154 valence electrons. The van der Waals surface area contributed by atoms with Gasteiger partial charge in [0.1, 0.15) is 0 Å². The van der Waals surface area contributed by atoms with E-state index in [1.807, 2.05) is 18.2 Å². The van der Waals surface area contributed by atoms with Crippen LogP contribution in [0.5, 0.6) is 11.5 Å². The maximum Gasteiger partial charge on any atom is 0.189 e. The van der Waals surface area contributed by atoms with Gasteiger partial charge in [0.05, 0.1) is 26.4 Å². The van der Waals surface area contributed by atoms with E-state index >= 15 is 0 Å². The van der Waals surface area contributed by atoms with Crippen molar-refractivity contribution in [2.75, 3.05) is 27.4 Å². The average molecular weight is 491 g/mol. The fraction of sp³-hybridized carbons (Fsp3) is 0.650. The fourth-order valence-corrected chi connectivity index (χ4v) is 3.35. The summed E-state index contributed by atoms with van der Waals surface area (Å²) in [6.07, 6.45) is 6.93. The third kappa shape index (κ3) is 7.37. The predicted molar refractivity (Wildman–Crippen MR) is 120 cm³/mol. The van der Waals surface area contributed by atoms with Crippen molar-refractivity contribution in [3.8, 4) is 11.5 Å². The molecular weight excluding hydrogens is 457 g/mol. The number of hydrogen-bond acceptors (Lipinski definition) is 4. The number of nitrogens with zero attached hydrogens (tertiary/aromatic N) is 1. The number of guanidine groups is 1. The molecule has 1 aliphatic rings. The van der Waals surface area contributed by atoms with Crippen LogP contribution in [-0.4, -0.2) is 38.9 Å². The minimum absolute atomic E-state index is 0. The van der Waals surface area contributed by atoms with E-state index < -0.39 is 0 Å².